The molecule has 18 heavy (non-hydrogen) atoms. The molecule has 0 saturated carbocycles. The minimum atomic E-state index is -0.318. The van der Waals surface area contributed by atoms with Crippen LogP contribution < -0.4 is 10.1 Å². The van der Waals surface area contributed by atoms with Gasteiger partial charge in [-0.3, -0.25) is 0 Å². The van der Waals surface area contributed by atoms with Crippen molar-refractivity contribution in [3.63, 3.8) is 0 Å². The molecule has 0 bridgehead atoms. The van der Waals surface area contributed by atoms with Gasteiger partial charge >= 0.3 is 0 Å². The van der Waals surface area contributed by atoms with Crippen molar-refractivity contribution in [2.24, 2.45) is 0 Å². The molecule has 1 aliphatic rings. The number of halogens is 1. The number of hydrogen-bond acceptors (Lipinski definition) is 3. The highest BCUT2D eigenvalue weighted by molar-refractivity contribution is 5.29. The quantitative estimate of drug-likeness (QED) is 0.874. The molecule has 0 spiro atoms. The van der Waals surface area contributed by atoms with E-state index in [1.165, 1.54) is 13.2 Å². The maximum absolute atomic E-state index is 13.5. The van der Waals surface area contributed by atoms with Crippen molar-refractivity contribution in [1.82, 2.24) is 5.32 Å². The Labute approximate surface area is 107 Å². The number of methoxy groups -OCH3 is 1. The average Bonchev–Trinajstić information content (AvgIpc) is 2.90. The number of benzene rings is 1. The summed E-state index contributed by atoms with van der Waals surface area (Å²) >= 11 is 0. The van der Waals surface area contributed by atoms with Crippen LogP contribution in [0.3, 0.4) is 0 Å². The molecule has 0 aliphatic carbocycles. The predicted molar refractivity (Wildman–Crippen MR) is 68.2 cm³/mol. The first-order valence-electron chi connectivity index (χ1n) is 6.38. The van der Waals surface area contributed by atoms with E-state index < -0.39 is 0 Å². The van der Waals surface area contributed by atoms with Gasteiger partial charge in [0.2, 0.25) is 0 Å². The Hall–Kier alpha value is -1.13. The largest absolute Gasteiger partial charge is 0.494 e. The topological polar surface area (TPSA) is 30.5 Å². The maximum Gasteiger partial charge on any atom is 0.165 e. The van der Waals surface area contributed by atoms with Crippen LogP contribution in [0.15, 0.2) is 18.2 Å². The molecule has 2 atom stereocenters. The summed E-state index contributed by atoms with van der Waals surface area (Å²) in [4.78, 5) is 0. The standard InChI is InChI=1S/C14H20FNO2/c1-10(13-4-3-7-18-13)16-9-11-5-6-14(17-2)12(15)8-11/h5-6,8,10,13,16H,3-4,7,9H2,1-2H3. The van der Waals surface area contributed by atoms with Gasteiger partial charge in [-0.25, -0.2) is 4.39 Å². The van der Waals surface area contributed by atoms with Crippen LogP contribution in [0.4, 0.5) is 4.39 Å². The molecule has 4 heteroatoms. The van der Waals surface area contributed by atoms with E-state index in [0.29, 0.717) is 6.54 Å². The van der Waals surface area contributed by atoms with E-state index in [4.69, 9.17) is 9.47 Å². The van der Waals surface area contributed by atoms with E-state index in [1.54, 1.807) is 6.07 Å². The van der Waals surface area contributed by atoms with Crippen LogP contribution in [0.1, 0.15) is 25.3 Å². The molecule has 1 aromatic rings. The Bertz CT molecular complexity index is 391. The third-order valence-electron chi connectivity index (χ3n) is 3.37. The lowest BCUT2D eigenvalue weighted by molar-refractivity contribution is 0.0832. The molecule has 1 aliphatic heterocycles. The summed E-state index contributed by atoms with van der Waals surface area (Å²) in [6, 6.07) is 5.33. The van der Waals surface area contributed by atoms with Gasteiger partial charge in [0, 0.05) is 19.2 Å². The predicted octanol–water partition coefficient (Wildman–Crippen LogP) is 2.49. The summed E-state index contributed by atoms with van der Waals surface area (Å²) in [5.74, 6) is -0.0347. The monoisotopic (exact) mass is 253 g/mol. The van der Waals surface area contributed by atoms with Gasteiger partial charge in [0.15, 0.2) is 11.6 Å². The van der Waals surface area contributed by atoms with Crippen molar-refractivity contribution in [2.45, 2.75) is 38.5 Å². The minimum Gasteiger partial charge on any atom is -0.494 e. The zero-order chi connectivity index (χ0) is 13.0. The fourth-order valence-corrected chi connectivity index (χ4v) is 2.23. The lowest BCUT2D eigenvalue weighted by atomic mass is 10.1. The maximum atomic E-state index is 13.5. The molecule has 0 radical (unpaired) electrons. The molecule has 1 fully saturated rings. The van der Waals surface area contributed by atoms with Gasteiger partial charge in [-0.2, -0.15) is 0 Å². The minimum absolute atomic E-state index is 0.283. The highest BCUT2D eigenvalue weighted by Crippen LogP contribution is 2.19. The van der Waals surface area contributed by atoms with E-state index in [0.717, 1.165) is 25.0 Å². The molecule has 1 N–H and O–H groups in total. The highest BCUT2D eigenvalue weighted by Gasteiger charge is 2.21. The first kappa shape index (κ1) is 13.3. The summed E-state index contributed by atoms with van der Waals surface area (Å²) in [6.07, 6.45) is 2.52. The van der Waals surface area contributed by atoms with Crippen LogP contribution in [0.25, 0.3) is 0 Å². The molecule has 0 amide bonds. The van der Waals surface area contributed by atoms with Crippen LogP contribution in [-0.4, -0.2) is 25.9 Å². The van der Waals surface area contributed by atoms with E-state index >= 15 is 0 Å². The van der Waals surface area contributed by atoms with Gasteiger partial charge in [0.05, 0.1) is 13.2 Å². The first-order chi connectivity index (χ1) is 8.70. The second-order valence-corrected chi connectivity index (χ2v) is 4.69. The molecule has 1 saturated heterocycles. The number of hydrogen-bond donors (Lipinski definition) is 1. The van der Waals surface area contributed by atoms with Gasteiger partial charge in [-0.05, 0) is 37.5 Å². The Balaban J connectivity index is 1.87. The van der Waals surface area contributed by atoms with Gasteiger partial charge < -0.3 is 14.8 Å². The van der Waals surface area contributed by atoms with Crippen molar-refractivity contribution >= 4 is 0 Å². The van der Waals surface area contributed by atoms with Crippen molar-refractivity contribution in [2.75, 3.05) is 13.7 Å². The second kappa shape index (κ2) is 6.16. The molecule has 100 valence electrons. The summed E-state index contributed by atoms with van der Waals surface area (Å²) in [6.45, 7) is 3.60. The molecule has 2 rings (SSSR count). The van der Waals surface area contributed by atoms with Crippen molar-refractivity contribution < 1.29 is 13.9 Å². The average molecular weight is 253 g/mol. The zero-order valence-corrected chi connectivity index (χ0v) is 10.9. The smallest absolute Gasteiger partial charge is 0.165 e. The fourth-order valence-electron chi connectivity index (χ4n) is 2.23. The molecular formula is C14H20FNO2. The van der Waals surface area contributed by atoms with E-state index in [2.05, 4.69) is 12.2 Å². The first-order valence-corrected chi connectivity index (χ1v) is 6.38. The Morgan fingerprint density at radius 1 is 1.56 bits per heavy atom. The zero-order valence-electron chi connectivity index (χ0n) is 10.9. The summed E-state index contributed by atoms with van der Waals surface area (Å²) in [5.41, 5.74) is 0.915. The van der Waals surface area contributed by atoms with E-state index in [9.17, 15) is 4.39 Å². The summed E-state index contributed by atoms with van der Waals surface area (Å²) in [7, 11) is 1.47. The Morgan fingerprint density at radius 3 is 3.00 bits per heavy atom. The van der Waals surface area contributed by atoms with Crippen LogP contribution in [-0.2, 0) is 11.3 Å². The van der Waals surface area contributed by atoms with E-state index in [1.807, 2.05) is 6.07 Å². The number of ether oxygens (including phenoxy) is 2. The fraction of sp³-hybridized carbons (Fsp3) is 0.571. The second-order valence-electron chi connectivity index (χ2n) is 4.69. The van der Waals surface area contributed by atoms with Crippen molar-refractivity contribution in [3.8, 4) is 5.75 Å². The van der Waals surface area contributed by atoms with Gasteiger partial charge in [-0.1, -0.05) is 6.07 Å². The Kier molecular flexibility index (Phi) is 4.55. The van der Waals surface area contributed by atoms with Crippen LogP contribution in [0, 0.1) is 5.82 Å². The molecular weight excluding hydrogens is 233 g/mol. The SMILES string of the molecule is COc1ccc(CNC(C)C2CCCO2)cc1F. The Morgan fingerprint density at radius 2 is 2.39 bits per heavy atom. The molecule has 1 heterocycles. The van der Waals surface area contributed by atoms with Crippen molar-refractivity contribution in [3.05, 3.63) is 29.6 Å². The third-order valence-corrected chi connectivity index (χ3v) is 3.37. The summed E-state index contributed by atoms with van der Waals surface area (Å²) < 4.78 is 24.0. The third kappa shape index (κ3) is 3.21. The number of rotatable bonds is 5. The van der Waals surface area contributed by atoms with E-state index in [-0.39, 0.29) is 23.7 Å². The highest BCUT2D eigenvalue weighted by atomic mass is 19.1. The lowest BCUT2D eigenvalue weighted by Crippen LogP contribution is -2.36. The normalized spacial score (nSPS) is 20.9. The van der Waals surface area contributed by atoms with Crippen LogP contribution in [0.5, 0.6) is 5.75 Å². The molecule has 2 unspecified atom stereocenters. The van der Waals surface area contributed by atoms with Gasteiger partial charge in [0.1, 0.15) is 0 Å². The lowest BCUT2D eigenvalue weighted by Gasteiger charge is -2.20. The molecule has 3 nitrogen and oxygen atoms in total. The summed E-state index contributed by atoms with van der Waals surface area (Å²) in [5, 5.41) is 3.37. The van der Waals surface area contributed by atoms with Crippen LogP contribution >= 0.6 is 0 Å². The van der Waals surface area contributed by atoms with Gasteiger partial charge in [-0.15, -0.1) is 0 Å². The van der Waals surface area contributed by atoms with Gasteiger partial charge in [0.25, 0.3) is 0 Å². The molecule has 1 aromatic carbocycles. The van der Waals surface area contributed by atoms with Crippen LogP contribution in [0.2, 0.25) is 0 Å². The molecule has 0 aromatic heterocycles. The van der Waals surface area contributed by atoms with Crippen molar-refractivity contribution in [1.29, 1.82) is 0 Å². The number of nitrogens with one attached hydrogen (secondary N) is 1.